The summed E-state index contributed by atoms with van der Waals surface area (Å²) in [7, 11) is 1.90. The van der Waals surface area contributed by atoms with E-state index in [1.165, 1.54) is 0 Å². The lowest BCUT2D eigenvalue weighted by Crippen LogP contribution is -2.51. The third kappa shape index (κ3) is 2.96. The number of hydrogen-bond acceptors (Lipinski definition) is 4. The fourth-order valence-electron chi connectivity index (χ4n) is 3.53. The van der Waals surface area contributed by atoms with Crippen molar-refractivity contribution in [3.63, 3.8) is 0 Å². The number of aliphatic hydroxyl groups excluding tert-OH is 1. The Hall–Kier alpha value is -1.40. The number of aryl methyl sites for hydroxylation is 2. The minimum absolute atomic E-state index is 0.108. The second-order valence-corrected chi connectivity index (χ2v) is 6.03. The third-order valence-electron chi connectivity index (χ3n) is 4.73. The van der Waals surface area contributed by atoms with Crippen LogP contribution in [0, 0.1) is 5.92 Å². The highest BCUT2D eigenvalue weighted by Gasteiger charge is 2.42. The van der Waals surface area contributed by atoms with Crippen molar-refractivity contribution in [3.05, 3.63) is 18.0 Å². The number of amides is 1. The van der Waals surface area contributed by atoms with Crippen LogP contribution in [0.25, 0.3) is 0 Å². The highest BCUT2D eigenvalue weighted by atomic mass is 16.5. The highest BCUT2D eigenvalue weighted by molar-refractivity contribution is 5.77. The topological polar surface area (TPSA) is 67.6 Å². The molecule has 0 radical (unpaired) electrons. The smallest absolute Gasteiger partial charge is 0.223 e. The largest absolute Gasteiger partial charge is 0.396 e. The molecule has 0 bridgehead atoms. The molecule has 0 aromatic carbocycles. The van der Waals surface area contributed by atoms with Gasteiger partial charge in [-0.3, -0.25) is 9.48 Å². The second kappa shape index (κ2) is 6.15. The lowest BCUT2D eigenvalue weighted by molar-refractivity contribution is -0.143. The number of carbonyl (C=O) groups excluding carboxylic acids is 1. The van der Waals surface area contributed by atoms with E-state index in [4.69, 9.17) is 4.74 Å². The summed E-state index contributed by atoms with van der Waals surface area (Å²) in [5.41, 5.74) is 1.08. The molecule has 1 amide bonds. The molecule has 21 heavy (non-hydrogen) atoms. The van der Waals surface area contributed by atoms with Crippen LogP contribution in [-0.2, 0) is 23.0 Å². The zero-order valence-corrected chi connectivity index (χ0v) is 12.4. The minimum atomic E-state index is 0.108. The Kier molecular flexibility index (Phi) is 4.26. The van der Waals surface area contributed by atoms with Crippen LogP contribution in [0.5, 0.6) is 0 Å². The molecule has 1 saturated heterocycles. The second-order valence-electron chi connectivity index (χ2n) is 6.03. The average Bonchev–Trinajstić information content (AvgIpc) is 3.09. The molecule has 1 saturated carbocycles. The third-order valence-corrected chi connectivity index (χ3v) is 4.73. The SMILES string of the molecule is Cn1nccc1CCC(=O)N1CCO[C@H]2C[C@H](CO)C[C@@H]21. The van der Waals surface area contributed by atoms with Crippen LogP contribution >= 0.6 is 0 Å². The van der Waals surface area contributed by atoms with E-state index in [1.807, 2.05) is 22.7 Å². The maximum absolute atomic E-state index is 12.5. The predicted molar refractivity (Wildman–Crippen MR) is 76.6 cm³/mol. The molecule has 2 fully saturated rings. The molecule has 3 rings (SSSR count). The molecule has 0 unspecified atom stereocenters. The van der Waals surface area contributed by atoms with Crippen molar-refractivity contribution in [1.82, 2.24) is 14.7 Å². The molecule has 0 spiro atoms. The van der Waals surface area contributed by atoms with E-state index < -0.39 is 0 Å². The minimum Gasteiger partial charge on any atom is -0.396 e. The first-order valence-corrected chi connectivity index (χ1v) is 7.68. The maximum atomic E-state index is 12.5. The standard InChI is InChI=1S/C15H23N3O3/c1-17-12(4-5-16-17)2-3-15(20)18-6-7-21-14-9-11(10-19)8-13(14)18/h4-5,11,13-14,19H,2-3,6-10H2,1H3/t11-,13+,14+/m1/s1. The zero-order chi connectivity index (χ0) is 14.8. The predicted octanol–water partition coefficient (Wildman–Crippen LogP) is 0.351. The van der Waals surface area contributed by atoms with Gasteiger partial charge in [0.25, 0.3) is 0 Å². The Bertz CT molecular complexity index is 502. The molecule has 6 heteroatoms. The average molecular weight is 293 g/mol. The first-order chi connectivity index (χ1) is 10.2. The fourth-order valence-corrected chi connectivity index (χ4v) is 3.53. The summed E-state index contributed by atoms with van der Waals surface area (Å²) >= 11 is 0. The van der Waals surface area contributed by atoms with Crippen molar-refractivity contribution >= 4 is 5.91 Å². The molecule has 116 valence electrons. The lowest BCUT2D eigenvalue weighted by atomic mass is 10.1. The molecule has 2 aliphatic rings. The number of carbonyl (C=O) groups is 1. The van der Waals surface area contributed by atoms with Gasteiger partial charge in [-0.15, -0.1) is 0 Å². The number of aliphatic hydroxyl groups is 1. The van der Waals surface area contributed by atoms with Gasteiger partial charge in [-0.05, 0) is 31.2 Å². The number of fused-ring (bicyclic) bond motifs is 1. The van der Waals surface area contributed by atoms with Gasteiger partial charge in [0.15, 0.2) is 0 Å². The van der Waals surface area contributed by atoms with E-state index in [2.05, 4.69) is 5.10 Å². The monoisotopic (exact) mass is 293 g/mol. The van der Waals surface area contributed by atoms with Gasteiger partial charge in [0.1, 0.15) is 0 Å². The molecular formula is C15H23N3O3. The fraction of sp³-hybridized carbons (Fsp3) is 0.733. The van der Waals surface area contributed by atoms with E-state index in [0.717, 1.165) is 18.5 Å². The van der Waals surface area contributed by atoms with Crippen LogP contribution < -0.4 is 0 Å². The normalized spacial score (nSPS) is 28.7. The molecular weight excluding hydrogens is 270 g/mol. The van der Waals surface area contributed by atoms with Gasteiger partial charge in [-0.25, -0.2) is 0 Å². The van der Waals surface area contributed by atoms with Crippen molar-refractivity contribution in [2.45, 2.75) is 37.8 Å². The molecule has 2 heterocycles. The maximum Gasteiger partial charge on any atom is 0.223 e. The van der Waals surface area contributed by atoms with Gasteiger partial charge >= 0.3 is 0 Å². The molecule has 6 nitrogen and oxygen atoms in total. The molecule has 1 aromatic rings. The Labute approximate surface area is 124 Å². The molecule has 1 N–H and O–H groups in total. The van der Waals surface area contributed by atoms with E-state index in [-0.39, 0.29) is 30.6 Å². The number of aromatic nitrogens is 2. The summed E-state index contributed by atoms with van der Waals surface area (Å²) in [4.78, 5) is 14.5. The first-order valence-electron chi connectivity index (χ1n) is 7.68. The Morgan fingerprint density at radius 2 is 2.38 bits per heavy atom. The van der Waals surface area contributed by atoms with Crippen molar-refractivity contribution < 1.29 is 14.6 Å². The van der Waals surface area contributed by atoms with Gasteiger partial charge < -0.3 is 14.7 Å². The number of nitrogens with zero attached hydrogens (tertiary/aromatic N) is 3. The van der Waals surface area contributed by atoms with E-state index >= 15 is 0 Å². The Morgan fingerprint density at radius 3 is 3.10 bits per heavy atom. The van der Waals surface area contributed by atoms with Crippen LogP contribution in [-0.4, -0.2) is 57.6 Å². The van der Waals surface area contributed by atoms with Crippen LogP contribution in [0.3, 0.4) is 0 Å². The van der Waals surface area contributed by atoms with E-state index in [0.29, 0.717) is 26.0 Å². The number of ether oxygens (including phenoxy) is 1. The Morgan fingerprint density at radius 1 is 1.52 bits per heavy atom. The van der Waals surface area contributed by atoms with Crippen molar-refractivity contribution in [3.8, 4) is 0 Å². The van der Waals surface area contributed by atoms with Gasteiger partial charge in [-0.2, -0.15) is 5.10 Å². The van der Waals surface area contributed by atoms with Gasteiger partial charge in [0.2, 0.25) is 5.91 Å². The summed E-state index contributed by atoms with van der Waals surface area (Å²) in [6.07, 6.45) is 4.81. The molecule has 1 aliphatic carbocycles. The number of rotatable bonds is 4. The van der Waals surface area contributed by atoms with Crippen LogP contribution in [0.4, 0.5) is 0 Å². The number of morpholine rings is 1. The summed E-state index contributed by atoms with van der Waals surface area (Å²) < 4.78 is 7.58. The quantitative estimate of drug-likeness (QED) is 0.870. The van der Waals surface area contributed by atoms with Gasteiger partial charge in [0.05, 0.1) is 18.8 Å². The van der Waals surface area contributed by atoms with Crippen molar-refractivity contribution in [2.24, 2.45) is 13.0 Å². The first kappa shape index (κ1) is 14.5. The summed E-state index contributed by atoms with van der Waals surface area (Å²) in [5, 5.41) is 13.5. The molecule has 3 atom stereocenters. The zero-order valence-electron chi connectivity index (χ0n) is 12.4. The van der Waals surface area contributed by atoms with Crippen molar-refractivity contribution in [1.29, 1.82) is 0 Å². The molecule has 1 aromatic heterocycles. The lowest BCUT2D eigenvalue weighted by Gasteiger charge is -2.37. The van der Waals surface area contributed by atoms with Crippen LogP contribution in [0.1, 0.15) is 25.0 Å². The van der Waals surface area contributed by atoms with Crippen LogP contribution in [0.2, 0.25) is 0 Å². The summed E-state index contributed by atoms with van der Waals surface area (Å²) in [5.74, 6) is 0.457. The van der Waals surface area contributed by atoms with Gasteiger partial charge in [0, 0.05) is 38.5 Å². The number of hydrogen-bond donors (Lipinski definition) is 1. The highest BCUT2D eigenvalue weighted by Crippen LogP contribution is 2.34. The van der Waals surface area contributed by atoms with Crippen LogP contribution in [0.15, 0.2) is 12.3 Å². The summed E-state index contributed by atoms with van der Waals surface area (Å²) in [6.45, 7) is 1.47. The van der Waals surface area contributed by atoms with E-state index in [1.54, 1.807) is 6.20 Å². The van der Waals surface area contributed by atoms with E-state index in [9.17, 15) is 9.90 Å². The van der Waals surface area contributed by atoms with Gasteiger partial charge in [-0.1, -0.05) is 0 Å². The summed E-state index contributed by atoms with van der Waals surface area (Å²) in [6, 6.07) is 2.10. The molecule has 1 aliphatic heterocycles. The Balaban J connectivity index is 1.60. The van der Waals surface area contributed by atoms with Crippen molar-refractivity contribution in [2.75, 3.05) is 19.8 Å².